The van der Waals surface area contributed by atoms with E-state index in [1.165, 1.54) is 18.3 Å². The highest BCUT2D eigenvalue weighted by atomic mass is 19.4. The van der Waals surface area contributed by atoms with Crippen LogP contribution < -0.4 is 0 Å². The maximum atomic E-state index is 11.7. The molecular formula is C11H9F3N2O. The number of hydrogen-bond donors (Lipinski definition) is 1. The van der Waals surface area contributed by atoms with Gasteiger partial charge in [0.1, 0.15) is 11.4 Å². The Hall–Kier alpha value is -2.11. The Morgan fingerprint density at radius 1 is 1.00 bits per heavy atom. The summed E-state index contributed by atoms with van der Waals surface area (Å²) >= 11 is 0. The third-order valence-electron chi connectivity index (χ3n) is 1.60. The van der Waals surface area contributed by atoms with Gasteiger partial charge in [-0.15, -0.1) is 0 Å². The van der Waals surface area contributed by atoms with E-state index in [0.29, 0.717) is 0 Å². The first-order valence-corrected chi connectivity index (χ1v) is 4.57. The number of pyridine rings is 2. The summed E-state index contributed by atoms with van der Waals surface area (Å²) in [5, 5.41) is 8.57. The second kappa shape index (κ2) is 5.83. The number of alkyl halides is 3. The predicted octanol–water partition coefficient (Wildman–Crippen LogP) is 2.89. The number of hydrogen-bond acceptors (Lipinski definition) is 3. The molecular weight excluding hydrogens is 233 g/mol. The normalized spacial score (nSPS) is 10.3. The van der Waals surface area contributed by atoms with E-state index in [-0.39, 0.29) is 5.75 Å². The van der Waals surface area contributed by atoms with Gasteiger partial charge in [0.2, 0.25) is 0 Å². The lowest BCUT2D eigenvalue weighted by Crippen LogP contribution is -2.06. The Bertz CT molecular complexity index is 431. The first kappa shape index (κ1) is 13.0. The van der Waals surface area contributed by atoms with Crippen LogP contribution in [0.5, 0.6) is 5.75 Å². The molecule has 0 unspecified atom stereocenters. The minimum absolute atomic E-state index is 0.211. The average molecular weight is 242 g/mol. The highest BCUT2D eigenvalue weighted by molar-refractivity contribution is 5.12. The molecule has 1 N–H and O–H groups in total. The summed E-state index contributed by atoms with van der Waals surface area (Å²) in [5.74, 6) is 0.211. The topological polar surface area (TPSA) is 46.0 Å². The third kappa shape index (κ3) is 4.96. The van der Waals surface area contributed by atoms with Gasteiger partial charge < -0.3 is 5.11 Å². The van der Waals surface area contributed by atoms with Crippen molar-refractivity contribution in [3.05, 3.63) is 54.6 Å². The molecule has 6 heteroatoms. The number of rotatable bonds is 0. The molecule has 0 atom stereocenters. The summed E-state index contributed by atoms with van der Waals surface area (Å²) in [6, 6.07) is 6.92. The van der Waals surface area contributed by atoms with Crippen LogP contribution in [-0.4, -0.2) is 15.1 Å². The highest BCUT2D eigenvalue weighted by Crippen LogP contribution is 2.26. The van der Waals surface area contributed by atoms with E-state index in [2.05, 4.69) is 9.97 Å². The van der Waals surface area contributed by atoms with Crippen molar-refractivity contribution in [3.63, 3.8) is 0 Å². The average Bonchev–Trinajstić information content (AvgIpc) is 2.31. The lowest BCUT2D eigenvalue weighted by Gasteiger charge is -2.02. The molecule has 0 aliphatic rings. The molecule has 3 nitrogen and oxygen atoms in total. The minimum atomic E-state index is -4.32. The Morgan fingerprint density at radius 2 is 1.76 bits per heavy atom. The zero-order valence-corrected chi connectivity index (χ0v) is 8.59. The van der Waals surface area contributed by atoms with Crippen molar-refractivity contribution in [1.29, 1.82) is 0 Å². The number of aromatic hydroxyl groups is 1. The quantitative estimate of drug-likeness (QED) is 0.772. The molecule has 0 aliphatic carbocycles. The molecule has 0 fully saturated rings. The van der Waals surface area contributed by atoms with Crippen molar-refractivity contribution in [2.75, 3.05) is 0 Å². The number of nitrogens with zero attached hydrogens (tertiary/aromatic N) is 2. The fourth-order valence-corrected chi connectivity index (χ4v) is 0.884. The molecule has 17 heavy (non-hydrogen) atoms. The van der Waals surface area contributed by atoms with Gasteiger partial charge in [-0.25, -0.2) is 0 Å². The number of halogens is 3. The van der Waals surface area contributed by atoms with Gasteiger partial charge in [0, 0.05) is 12.4 Å². The van der Waals surface area contributed by atoms with Crippen LogP contribution in [0, 0.1) is 0 Å². The first-order valence-electron chi connectivity index (χ1n) is 4.57. The van der Waals surface area contributed by atoms with Crippen molar-refractivity contribution >= 4 is 0 Å². The van der Waals surface area contributed by atoms with Gasteiger partial charge in [0.25, 0.3) is 0 Å². The summed E-state index contributed by atoms with van der Waals surface area (Å²) < 4.78 is 35.2. The molecule has 0 saturated heterocycles. The maximum absolute atomic E-state index is 11.7. The monoisotopic (exact) mass is 242 g/mol. The molecule has 2 heterocycles. The molecule has 0 bridgehead atoms. The standard InChI is InChI=1S/C6H4F3N.C5H5NO/c7-6(8,9)5-3-1-2-4-10-5;7-5-2-1-3-6-4-5/h1-4H;1-4,7H. The molecule has 0 spiro atoms. The first-order chi connectivity index (χ1) is 8.00. The molecule has 2 rings (SSSR count). The van der Waals surface area contributed by atoms with E-state index < -0.39 is 11.9 Å². The lowest BCUT2D eigenvalue weighted by molar-refractivity contribution is -0.141. The summed E-state index contributed by atoms with van der Waals surface area (Å²) in [6.45, 7) is 0. The van der Waals surface area contributed by atoms with Gasteiger partial charge in [0.05, 0.1) is 6.20 Å². The summed E-state index contributed by atoms with van der Waals surface area (Å²) in [7, 11) is 0. The van der Waals surface area contributed by atoms with E-state index in [1.807, 2.05) is 0 Å². The predicted molar refractivity (Wildman–Crippen MR) is 55.1 cm³/mol. The highest BCUT2D eigenvalue weighted by Gasteiger charge is 2.31. The van der Waals surface area contributed by atoms with Gasteiger partial charge in [-0.3, -0.25) is 9.97 Å². The summed E-state index contributed by atoms with van der Waals surface area (Å²) in [5.41, 5.74) is -0.852. The second-order valence-electron chi connectivity index (χ2n) is 2.92. The molecule has 0 amide bonds. The lowest BCUT2D eigenvalue weighted by atomic mass is 10.3. The van der Waals surface area contributed by atoms with Crippen LogP contribution in [0.3, 0.4) is 0 Å². The van der Waals surface area contributed by atoms with E-state index in [9.17, 15) is 13.2 Å². The van der Waals surface area contributed by atoms with E-state index in [4.69, 9.17) is 5.11 Å². The van der Waals surface area contributed by atoms with E-state index in [1.54, 1.807) is 18.3 Å². The van der Waals surface area contributed by atoms with Crippen molar-refractivity contribution in [2.45, 2.75) is 6.18 Å². The van der Waals surface area contributed by atoms with Gasteiger partial charge in [-0.1, -0.05) is 6.07 Å². The van der Waals surface area contributed by atoms with Crippen molar-refractivity contribution in [2.24, 2.45) is 0 Å². The molecule has 2 aromatic rings. The Labute approximate surface area is 95.6 Å². The van der Waals surface area contributed by atoms with Crippen LogP contribution in [0.4, 0.5) is 13.2 Å². The molecule has 0 saturated carbocycles. The third-order valence-corrected chi connectivity index (χ3v) is 1.60. The largest absolute Gasteiger partial charge is 0.506 e. The second-order valence-corrected chi connectivity index (χ2v) is 2.92. The van der Waals surface area contributed by atoms with Crippen LogP contribution in [0.2, 0.25) is 0 Å². The Morgan fingerprint density at radius 3 is 2.06 bits per heavy atom. The minimum Gasteiger partial charge on any atom is -0.506 e. The Balaban J connectivity index is 0.000000181. The van der Waals surface area contributed by atoms with Crippen LogP contribution in [0.15, 0.2) is 48.9 Å². The zero-order valence-electron chi connectivity index (χ0n) is 8.59. The van der Waals surface area contributed by atoms with Gasteiger partial charge in [-0.2, -0.15) is 13.2 Å². The van der Waals surface area contributed by atoms with E-state index in [0.717, 1.165) is 12.3 Å². The zero-order chi connectivity index (χ0) is 12.7. The smallest absolute Gasteiger partial charge is 0.433 e. The van der Waals surface area contributed by atoms with Crippen molar-refractivity contribution in [3.8, 4) is 5.75 Å². The molecule has 0 radical (unpaired) electrons. The van der Waals surface area contributed by atoms with Crippen LogP contribution in [0.1, 0.15) is 5.69 Å². The molecule has 90 valence electrons. The van der Waals surface area contributed by atoms with Crippen molar-refractivity contribution < 1.29 is 18.3 Å². The van der Waals surface area contributed by atoms with E-state index >= 15 is 0 Å². The summed E-state index contributed by atoms with van der Waals surface area (Å²) in [4.78, 5) is 6.76. The SMILES string of the molecule is FC(F)(F)c1ccccn1.Oc1cccnc1. The van der Waals surface area contributed by atoms with Crippen LogP contribution in [-0.2, 0) is 6.18 Å². The molecule has 0 aromatic carbocycles. The molecule has 0 aliphatic heterocycles. The Kier molecular flexibility index (Phi) is 4.45. The maximum Gasteiger partial charge on any atom is 0.433 e. The fourth-order valence-electron chi connectivity index (χ4n) is 0.884. The van der Waals surface area contributed by atoms with Crippen LogP contribution >= 0.6 is 0 Å². The fraction of sp³-hybridized carbons (Fsp3) is 0.0909. The van der Waals surface area contributed by atoms with Gasteiger partial charge in [-0.05, 0) is 24.3 Å². The van der Waals surface area contributed by atoms with Gasteiger partial charge in [0.15, 0.2) is 0 Å². The van der Waals surface area contributed by atoms with Crippen LogP contribution in [0.25, 0.3) is 0 Å². The van der Waals surface area contributed by atoms with Crippen molar-refractivity contribution in [1.82, 2.24) is 9.97 Å². The van der Waals surface area contributed by atoms with Gasteiger partial charge >= 0.3 is 6.18 Å². The molecule has 2 aromatic heterocycles. The summed E-state index contributed by atoms with van der Waals surface area (Å²) in [6.07, 6.45) is -0.205. The number of aromatic nitrogens is 2.